The predicted octanol–water partition coefficient (Wildman–Crippen LogP) is 3.49. The van der Waals surface area contributed by atoms with Gasteiger partial charge in [-0.25, -0.2) is 4.98 Å². The molecule has 3 aromatic heterocycles. The summed E-state index contributed by atoms with van der Waals surface area (Å²) in [6.45, 7) is 3.42. The molecule has 0 bridgehead atoms. The minimum absolute atomic E-state index is 0.117. The fourth-order valence-corrected chi connectivity index (χ4v) is 2.98. The van der Waals surface area contributed by atoms with Crippen LogP contribution in [0.1, 0.15) is 24.1 Å². The Kier molecular flexibility index (Phi) is 4.89. The highest BCUT2D eigenvalue weighted by Crippen LogP contribution is 2.19. The second-order valence-corrected chi connectivity index (χ2v) is 5.99. The monoisotopic (exact) mass is 331 g/mol. The van der Waals surface area contributed by atoms with Gasteiger partial charge < -0.3 is 14.2 Å². The molecule has 1 amide bonds. The van der Waals surface area contributed by atoms with Crippen LogP contribution in [-0.2, 0) is 24.4 Å². The van der Waals surface area contributed by atoms with Crippen LogP contribution in [0.5, 0.6) is 0 Å². The van der Waals surface area contributed by atoms with Gasteiger partial charge in [-0.05, 0) is 24.3 Å². The molecule has 0 radical (unpaired) electrons. The molecule has 0 aliphatic heterocycles. The van der Waals surface area contributed by atoms with Gasteiger partial charge in [0.05, 0.1) is 31.3 Å². The molecule has 7 heteroatoms. The molecule has 0 unspecified atom stereocenters. The summed E-state index contributed by atoms with van der Waals surface area (Å²) in [7, 11) is 0. The van der Waals surface area contributed by atoms with E-state index in [2.05, 4.69) is 15.2 Å². The Morgan fingerprint density at radius 2 is 1.83 bits per heavy atom. The molecule has 0 spiro atoms. The Hall–Kier alpha value is -2.38. The van der Waals surface area contributed by atoms with Gasteiger partial charge in [0.2, 0.25) is 5.91 Å². The fourth-order valence-electron chi connectivity index (χ4n) is 2.23. The fraction of sp³-hybridized carbons (Fsp3) is 0.250. The minimum Gasteiger partial charge on any atom is -0.468 e. The molecule has 1 N–H and O–H groups in total. The zero-order valence-corrected chi connectivity index (χ0v) is 13.5. The average molecular weight is 331 g/mol. The van der Waals surface area contributed by atoms with Crippen LogP contribution < -0.4 is 5.32 Å². The van der Waals surface area contributed by atoms with Crippen LogP contribution in [0, 0.1) is 0 Å². The molecule has 0 saturated heterocycles. The number of carbonyl (C=O) groups excluding carboxylic acids is 1. The number of furan rings is 2. The van der Waals surface area contributed by atoms with Gasteiger partial charge in [-0.2, -0.15) is 0 Å². The highest BCUT2D eigenvalue weighted by atomic mass is 32.1. The number of nitrogens with one attached hydrogen (secondary N) is 1. The number of amides is 1. The molecule has 3 heterocycles. The summed E-state index contributed by atoms with van der Waals surface area (Å²) in [5, 5.41) is 5.26. The molecule has 0 atom stereocenters. The SMILES string of the molecule is CC(=O)Nc1nc(CN(Cc2ccco2)Cc2ccco2)cs1. The first-order valence-electron chi connectivity index (χ1n) is 7.18. The molecule has 0 aliphatic carbocycles. The van der Waals surface area contributed by atoms with Crippen molar-refractivity contribution in [3.05, 3.63) is 59.4 Å². The number of hydrogen-bond donors (Lipinski definition) is 1. The first kappa shape index (κ1) is 15.5. The molecule has 0 fully saturated rings. The predicted molar refractivity (Wildman–Crippen MR) is 86.8 cm³/mol. The standard InChI is InChI=1S/C16H17N3O3S/c1-12(20)17-16-18-13(11-23-16)8-19(9-14-4-2-6-21-14)10-15-5-3-7-22-15/h2-7,11H,8-10H2,1H3,(H,17,18,20). The zero-order chi connectivity index (χ0) is 16.1. The van der Waals surface area contributed by atoms with E-state index in [1.54, 1.807) is 12.5 Å². The largest absolute Gasteiger partial charge is 0.468 e. The number of carbonyl (C=O) groups is 1. The zero-order valence-electron chi connectivity index (χ0n) is 12.7. The molecule has 0 saturated carbocycles. The van der Waals surface area contributed by atoms with Crippen molar-refractivity contribution in [2.75, 3.05) is 5.32 Å². The van der Waals surface area contributed by atoms with E-state index < -0.39 is 0 Å². The number of rotatable bonds is 7. The van der Waals surface area contributed by atoms with Gasteiger partial charge in [-0.1, -0.05) is 0 Å². The number of hydrogen-bond acceptors (Lipinski definition) is 6. The summed E-state index contributed by atoms with van der Waals surface area (Å²) in [5.41, 5.74) is 0.900. The smallest absolute Gasteiger partial charge is 0.223 e. The summed E-state index contributed by atoms with van der Waals surface area (Å²) in [4.78, 5) is 17.7. The third kappa shape index (κ3) is 4.54. The molecular weight excluding hydrogens is 314 g/mol. The average Bonchev–Trinajstić information content (AvgIpc) is 3.22. The first-order valence-corrected chi connectivity index (χ1v) is 8.06. The van der Waals surface area contributed by atoms with Gasteiger partial charge in [0.15, 0.2) is 5.13 Å². The Morgan fingerprint density at radius 1 is 1.17 bits per heavy atom. The third-order valence-corrected chi connectivity index (χ3v) is 3.95. The van der Waals surface area contributed by atoms with Gasteiger partial charge in [0, 0.05) is 18.8 Å². The van der Waals surface area contributed by atoms with Gasteiger partial charge in [0.1, 0.15) is 11.5 Å². The van der Waals surface area contributed by atoms with E-state index >= 15 is 0 Å². The Labute approximate surface area is 137 Å². The first-order chi connectivity index (χ1) is 11.2. The van der Waals surface area contributed by atoms with Crippen molar-refractivity contribution in [2.24, 2.45) is 0 Å². The normalized spacial score (nSPS) is 11.0. The lowest BCUT2D eigenvalue weighted by molar-refractivity contribution is -0.114. The molecule has 6 nitrogen and oxygen atoms in total. The summed E-state index contributed by atoms with van der Waals surface area (Å²) >= 11 is 1.42. The van der Waals surface area contributed by atoms with E-state index in [0.717, 1.165) is 17.2 Å². The molecule has 0 aliphatic rings. The summed E-state index contributed by atoms with van der Waals surface area (Å²) in [5.74, 6) is 1.65. The third-order valence-electron chi connectivity index (χ3n) is 3.14. The van der Waals surface area contributed by atoms with Crippen molar-refractivity contribution in [1.29, 1.82) is 0 Å². The van der Waals surface area contributed by atoms with E-state index in [-0.39, 0.29) is 5.91 Å². The molecule has 3 rings (SSSR count). The highest BCUT2D eigenvalue weighted by molar-refractivity contribution is 7.13. The highest BCUT2D eigenvalue weighted by Gasteiger charge is 2.13. The lowest BCUT2D eigenvalue weighted by Crippen LogP contribution is -2.22. The van der Waals surface area contributed by atoms with Crippen molar-refractivity contribution in [3.8, 4) is 0 Å². The summed E-state index contributed by atoms with van der Waals surface area (Å²) in [6.07, 6.45) is 3.33. The number of nitrogens with zero attached hydrogens (tertiary/aromatic N) is 2. The molecule has 23 heavy (non-hydrogen) atoms. The van der Waals surface area contributed by atoms with Crippen LogP contribution in [0.25, 0.3) is 0 Å². The maximum Gasteiger partial charge on any atom is 0.223 e. The minimum atomic E-state index is -0.117. The van der Waals surface area contributed by atoms with E-state index in [0.29, 0.717) is 24.8 Å². The van der Waals surface area contributed by atoms with Gasteiger partial charge in [0.25, 0.3) is 0 Å². The molecule has 3 aromatic rings. The molecular formula is C16H17N3O3S. The van der Waals surface area contributed by atoms with Crippen molar-refractivity contribution in [3.63, 3.8) is 0 Å². The Morgan fingerprint density at radius 3 is 2.35 bits per heavy atom. The van der Waals surface area contributed by atoms with Crippen LogP contribution in [0.3, 0.4) is 0 Å². The van der Waals surface area contributed by atoms with Gasteiger partial charge >= 0.3 is 0 Å². The Bertz CT molecular complexity index is 698. The second-order valence-electron chi connectivity index (χ2n) is 5.13. The van der Waals surface area contributed by atoms with Gasteiger partial charge in [-0.15, -0.1) is 11.3 Å². The van der Waals surface area contributed by atoms with Crippen LogP contribution in [0.4, 0.5) is 5.13 Å². The number of aromatic nitrogens is 1. The lowest BCUT2D eigenvalue weighted by atomic mass is 10.3. The maximum atomic E-state index is 11.1. The van der Waals surface area contributed by atoms with Gasteiger partial charge in [-0.3, -0.25) is 9.69 Å². The van der Waals surface area contributed by atoms with E-state index in [9.17, 15) is 4.79 Å². The van der Waals surface area contributed by atoms with Crippen molar-refractivity contribution in [2.45, 2.75) is 26.6 Å². The van der Waals surface area contributed by atoms with Crippen molar-refractivity contribution in [1.82, 2.24) is 9.88 Å². The van der Waals surface area contributed by atoms with Crippen LogP contribution in [0.15, 0.2) is 51.0 Å². The van der Waals surface area contributed by atoms with Crippen molar-refractivity contribution >= 4 is 22.4 Å². The summed E-state index contributed by atoms with van der Waals surface area (Å²) < 4.78 is 10.9. The van der Waals surface area contributed by atoms with Crippen LogP contribution in [-0.4, -0.2) is 15.8 Å². The quantitative estimate of drug-likeness (QED) is 0.717. The molecule has 120 valence electrons. The van der Waals surface area contributed by atoms with Crippen molar-refractivity contribution < 1.29 is 13.6 Å². The van der Waals surface area contributed by atoms with Crippen LogP contribution in [0.2, 0.25) is 0 Å². The number of anilines is 1. The topological polar surface area (TPSA) is 71.5 Å². The number of thiazole rings is 1. The molecule has 0 aromatic carbocycles. The van der Waals surface area contributed by atoms with Crippen LogP contribution >= 0.6 is 11.3 Å². The summed E-state index contributed by atoms with van der Waals surface area (Å²) in [6, 6.07) is 7.63. The maximum absolute atomic E-state index is 11.1. The van der Waals surface area contributed by atoms with E-state index in [1.807, 2.05) is 29.6 Å². The van der Waals surface area contributed by atoms with E-state index in [1.165, 1.54) is 18.3 Å². The Balaban J connectivity index is 1.69. The second kappa shape index (κ2) is 7.26. The lowest BCUT2D eigenvalue weighted by Gasteiger charge is -2.18. The van der Waals surface area contributed by atoms with E-state index in [4.69, 9.17) is 8.83 Å².